The summed E-state index contributed by atoms with van der Waals surface area (Å²) in [6.45, 7) is 1.82. The van der Waals surface area contributed by atoms with Gasteiger partial charge in [0.2, 0.25) is 0 Å². The molecule has 0 spiro atoms. The molecule has 0 aliphatic rings. The molecule has 3 nitrogen and oxygen atoms in total. The Morgan fingerprint density at radius 2 is 1.52 bits per heavy atom. The molecule has 3 rings (SSSR count). The number of rotatable bonds is 4. The van der Waals surface area contributed by atoms with Crippen LogP contribution in [0.2, 0.25) is 0 Å². The van der Waals surface area contributed by atoms with Gasteiger partial charge in [0.25, 0.3) is 0 Å². The van der Waals surface area contributed by atoms with Crippen LogP contribution in [0.5, 0.6) is 11.5 Å². The van der Waals surface area contributed by atoms with Crippen molar-refractivity contribution < 1.29 is 14.3 Å². The number of ether oxygens (including phenoxy) is 2. The van der Waals surface area contributed by atoms with Crippen LogP contribution in [-0.4, -0.2) is 13.1 Å². The van der Waals surface area contributed by atoms with Crippen LogP contribution in [0.15, 0.2) is 66.7 Å². The number of carbonyl (C=O) groups excluding carboxylic acids is 1. The smallest absolute Gasteiger partial charge is 0.312 e. The zero-order valence-electron chi connectivity index (χ0n) is 13.2. The first kappa shape index (κ1) is 15.1. The van der Waals surface area contributed by atoms with Gasteiger partial charge in [0.1, 0.15) is 11.5 Å². The van der Waals surface area contributed by atoms with Crippen molar-refractivity contribution in [3.63, 3.8) is 0 Å². The third kappa shape index (κ3) is 3.34. The van der Waals surface area contributed by atoms with Crippen LogP contribution in [0.25, 0.3) is 10.8 Å². The molecular formula is C20H18O3. The minimum absolute atomic E-state index is 0.242. The van der Waals surface area contributed by atoms with Gasteiger partial charge in [-0.1, -0.05) is 42.5 Å². The first-order valence-electron chi connectivity index (χ1n) is 7.52. The Hall–Kier alpha value is -2.81. The average molecular weight is 306 g/mol. The minimum Gasteiger partial charge on any atom is -0.469 e. The van der Waals surface area contributed by atoms with Crippen molar-refractivity contribution in [3.8, 4) is 11.5 Å². The van der Waals surface area contributed by atoms with Crippen LogP contribution in [-0.2, 0) is 9.53 Å². The molecular weight excluding hydrogens is 288 g/mol. The first-order chi connectivity index (χ1) is 11.2. The van der Waals surface area contributed by atoms with Crippen LogP contribution >= 0.6 is 0 Å². The predicted molar refractivity (Wildman–Crippen MR) is 90.9 cm³/mol. The fraction of sp³-hybridized carbons (Fsp3) is 0.150. The van der Waals surface area contributed by atoms with Crippen LogP contribution in [0, 0.1) is 0 Å². The molecule has 0 saturated carbocycles. The normalized spacial score (nSPS) is 11.9. The van der Waals surface area contributed by atoms with Gasteiger partial charge in [-0.2, -0.15) is 0 Å². The zero-order chi connectivity index (χ0) is 16.2. The van der Waals surface area contributed by atoms with Crippen molar-refractivity contribution >= 4 is 16.7 Å². The Morgan fingerprint density at radius 3 is 2.22 bits per heavy atom. The number of benzene rings is 3. The maximum atomic E-state index is 11.6. The summed E-state index contributed by atoms with van der Waals surface area (Å²) in [5, 5.41) is 2.32. The van der Waals surface area contributed by atoms with Crippen LogP contribution in [0.4, 0.5) is 0 Å². The minimum atomic E-state index is -0.283. The van der Waals surface area contributed by atoms with E-state index < -0.39 is 0 Å². The Labute approximate surface area is 135 Å². The number of methoxy groups -OCH3 is 1. The highest BCUT2D eigenvalue weighted by Gasteiger charge is 2.15. The van der Waals surface area contributed by atoms with E-state index in [2.05, 4.69) is 12.1 Å². The fourth-order valence-corrected chi connectivity index (χ4v) is 2.50. The van der Waals surface area contributed by atoms with Gasteiger partial charge in [-0.3, -0.25) is 4.79 Å². The van der Waals surface area contributed by atoms with Crippen molar-refractivity contribution in [2.24, 2.45) is 0 Å². The van der Waals surface area contributed by atoms with E-state index in [0.29, 0.717) is 0 Å². The maximum absolute atomic E-state index is 11.6. The van der Waals surface area contributed by atoms with Gasteiger partial charge in [0, 0.05) is 0 Å². The number of hydrogen-bond acceptors (Lipinski definition) is 3. The van der Waals surface area contributed by atoms with Gasteiger partial charge in [-0.15, -0.1) is 0 Å². The molecule has 0 radical (unpaired) electrons. The lowest BCUT2D eigenvalue weighted by Crippen LogP contribution is -2.10. The summed E-state index contributed by atoms with van der Waals surface area (Å²) in [6, 6.07) is 21.7. The SMILES string of the molecule is COC(=O)C(C)c1ccc(Oc2ccc3ccccc3c2)cc1. The van der Waals surface area contributed by atoms with E-state index in [4.69, 9.17) is 9.47 Å². The number of carbonyl (C=O) groups is 1. The van der Waals surface area contributed by atoms with Gasteiger partial charge >= 0.3 is 5.97 Å². The molecule has 1 atom stereocenters. The summed E-state index contributed by atoms with van der Waals surface area (Å²) in [5.41, 5.74) is 0.905. The van der Waals surface area contributed by atoms with Gasteiger partial charge in [0.15, 0.2) is 0 Å². The topological polar surface area (TPSA) is 35.5 Å². The Kier molecular flexibility index (Phi) is 4.29. The third-order valence-corrected chi connectivity index (χ3v) is 3.89. The lowest BCUT2D eigenvalue weighted by atomic mass is 10.0. The molecule has 0 aliphatic heterocycles. The molecule has 3 aromatic rings. The molecule has 0 fully saturated rings. The molecule has 0 aliphatic carbocycles. The van der Waals surface area contributed by atoms with E-state index in [1.54, 1.807) is 0 Å². The molecule has 116 valence electrons. The summed E-state index contributed by atoms with van der Waals surface area (Å²) in [5.74, 6) is 1.00. The number of fused-ring (bicyclic) bond motifs is 1. The van der Waals surface area contributed by atoms with Crippen LogP contribution in [0.1, 0.15) is 18.4 Å². The zero-order valence-corrected chi connectivity index (χ0v) is 13.2. The standard InChI is InChI=1S/C20H18O3/c1-14(20(21)22-2)15-7-10-18(11-8-15)23-19-12-9-16-5-3-4-6-17(16)13-19/h3-14H,1-2H3. The summed E-state index contributed by atoms with van der Waals surface area (Å²) in [4.78, 5) is 11.6. The summed E-state index contributed by atoms with van der Waals surface area (Å²) < 4.78 is 10.7. The lowest BCUT2D eigenvalue weighted by Gasteiger charge is -2.11. The third-order valence-electron chi connectivity index (χ3n) is 3.89. The van der Waals surface area contributed by atoms with E-state index in [9.17, 15) is 4.79 Å². The van der Waals surface area contributed by atoms with Gasteiger partial charge in [0.05, 0.1) is 13.0 Å². The molecule has 0 amide bonds. The quantitative estimate of drug-likeness (QED) is 0.643. The van der Waals surface area contributed by atoms with E-state index in [-0.39, 0.29) is 11.9 Å². The Bertz CT molecular complexity index is 822. The molecule has 23 heavy (non-hydrogen) atoms. The second-order valence-electron chi connectivity index (χ2n) is 5.42. The second-order valence-corrected chi connectivity index (χ2v) is 5.42. The molecule has 0 aromatic heterocycles. The first-order valence-corrected chi connectivity index (χ1v) is 7.52. The van der Waals surface area contributed by atoms with Crippen molar-refractivity contribution in [3.05, 3.63) is 72.3 Å². The largest absolute Gasteiger partial charge is 0.469 e. The highest BCUT2D eigenvalue weighted by molar-refractivity contribution is 5.83. The molecule has 3 aromatic carbocycles. The van der Waals surface area contributed by atoms with Crippen molar-refractivity contribution in [1.82, 2.24) is 0 Å². The van der Waals surface area contributed by atoms with E-state index in [0.717, 1.165) is 22.4 Å². The van der Waals surface area contributed by atoms with Crippen molar-refractivity contribution in [2.75, 3.05) is 7.11 Å². The average Bonchev–Trinajstić information content (AvgIpc) is 2.61. The van der Waals surface area contributed by atoms with E-state index in [1.807, 2.05) is 61.5 Å². The molecule has 0 N–H and O–H groups in total. The molecule has 0 bridgehead atoms. The molecule has 1 unspecified atom stereocenters. The van der Waals surface area contributed by atoms with E-state index in [1.165, 1.54) is 12.5 Å². The number of hydrogen-bond donors (Lipinski definition) is 0. The fourth-order valence-electron chi connectivity index (χ4n) is 2.50. The van der Waals surface area contributed by atoms with Crippen LogP contribution < -0.4 is 4.74 Å². The van der Waals surface area contributed by atoms with Crippen molar-refractivity contribution in [1.29, 1.82) is 0 Å². The second kappa shape index (κ2) is 6.53. The van der Waals surface area contributed by atoms with Crippen molar-refractivity contribution in [2.45, 2.75) is 12.8 Å². The monoisotopic (exact) mass is 306 g/mol. The number of esters is 1. The van der Waals surface area contributed by atoms with Crippen LogP contribution in [0.3, 0.4) is 0 Å². The highest BCUT2D eigenvalue weighted by atomic mass is 16.5. The molecule has 0 saturated heterocycles. The Morgan fingerprint density at radius 1 is 0.870 bits per heavy atom. The Balaban J connectivity index is 1.78. The molecule has 3 heteroatoms. The van der Waals surface area contributed by atoms with Gasteiger partial charge in [-0.25, -0.2) is 0 Å². The lowest BCUT2D eigenvalue weighted by molar-refractivity contribution is -0.141. The van der Waals surface area contributed by atoms with Gasteiger partial charge in [-0.05, 0) is 47.5 Å². The predicted octanol–water partition coefficient (Wildman–Crippen LogP) is 4.91. The summed E-state index contributed by atoms with van der Waals surface area (Å²) in [6.07, 6.45) is 0. The molecule has 0 heterocycles. The van der Waals surface area contributed by atoms with E-state index >= 15 is 0 Å². The summed E-state index contributed by atoms with van der Waals surface area (Å²) in [7, 11) is 1.40. The highest BCUT2D eigenvalue weighted by Crippen LogP contribution is 2.27. The van der Waals surface area contributed by atoms with Gasteiger partial charge < -0.3 is 9.47 Å². The maximum Gasteiger partial charge on any atom is 0.312 e. The summed E-state index contributed by atoms with van der Waals surface area (Å²) >= 11 is 0.